The van der Waals surface area contributed by atoms with E-state index < -0.39 is 11.6 Å². The summed E-state index contributed by atoms with van der Waals surface area (Å²) in [7, 11) is 3.22. The number of nitrogens with zero attached hydrogens (tertiary/aromatic N) is 1. The lowest BCUT2D eigenvalue weighted by Crippen LogP contribution is -2.41. The Morgan fingerprint density at radius 1 is 0.912 bits per heavy atom. The van der Waals surface area contributed by atoms with Crippen LogP contribution in [-0.2, 0) is 19.4 Å². The Labute approximate surface area is 195 Å². The minimum absolute atomic E-state index is 0.203. The highest BCUT2D eigenvalue weighted by molar-refractivity contribution is 5.95. The van der Waals surface area contributed by atoms with Crippen molar-refractivity contribution in [1.82, 2.24) is 0 Å². The normalized spacial score (nSPS) is 13.5. The number of methoxy groups -OCH3 is 2. The maximum absolute atomic E-state index is 14.1. The lowest BCUT2D eigenvalue weighted by Gasteiger charge is -2.21. The maximum Gasteiger partial charge on any atom is 0.231 e. The number of hydrogen-bond donors (Lipinski definition) is 0. The van der Waals surface area contributed by atoms with Crippen molar-refractivity contribution in [2.24, 2.45) is 0 Å². The van der Waals surface area contributed by atoms with Crippen LogP contribution in [-0.4, -0.2) is 21.0 Å². The molecule has 0 radical (unpaired) electrons. The Balaban J connectivity index is 1.65. The molecule has 0 N–H and O–H groups in total. The quantitative estimate of drug-likeness (QED) is 0.402. The van der Waals surface area contributed by atoms with Crippen molar-refractivity contribution in [3.05, 3.63) is 77.0 Å². The number of aromatic nitrogens is 1. The molecule has 3 aromatic carbocycles. The van der Waals surface area contributed by atoms with Gasteiger partial charge in [-0.15, -0.1) is 0 Å². The summed E-state index contributed by atoms with van der Waals surface area (Å²) < 4.78 is 52.4. The van der Waals surface area contributed by atoms with Crippen LogP contribution in [0.15, 0.2) is 48.7 Å². The molecule has 0 bridgehead atoms. The van der Waals surface area contributed by atoms with Gasteiger partial charge in [-0.25, -0.2) is 8.78 Å². The zero-order valence-corrected chi connectivity index (χ0v) is 18.8. The number of aryl methyl sites for hydroxylation is 2. The molecule has 3 heterocycles. The Kier molecular flexibility index (Phi) is 4.79. The van der Waals surface area contributed by atoms with E-state index in [4.69, 9.17) is 18.9 Å². The summed E-state index contributed by atoms with van der Waals surface area (Å²) in [6.45, 7) is 0.956. The smallest absolute Gasteiger partial charge is 0.231 e. The van der Waals surface area contributed by atoms with E-state index in [0.29, 0.717) is 29.2 Å². The van der Waals surface area contributed by atoms with E-state index in [2.05, 4.69) is 10.8 Å². The molecule has 0 atom stereocenters. The molecule has 172 valence electrons. The van der Waals surface area contributed by atoms with Crippen molar-refractivity contribution >= 4 is 10.8 Å². The molecule has 34 heavy (non-hydrogen) atoms. The third-order valence-corrected chi connectivity index (χ3v) is 6.61. The summed E-state index contributed by atoms with van der Waals surface area (Å²) in [6, 6.07) is 12.0. The van der Waals surface area contributed by atoms with E-state index in [1.807, 2.05) is 24.3 Å². The van der Waals surface area contributed by atoms with Crippen molar-refractivity contribution in [1.29, 1.82) is 0 Å². The number of rotatable bonds is 4. The number of ether oxygens (including phenoxy) is 4. The first-order chi connectivity index (χ1) is 16.6. The second-order valence-corrected chi connectivity index (χ2v) is 8.45. The molecular formula is C27H22F2NO4+. The van der Waals surface area contributed by atoms with E-state index in [0.717, 1.165) is 51.9 Å². The van der Waals surface area contributed by atoms with Crippen LogP contribution in [0.4, 0.5) is 8.78 Å². The Hall–Kier alpha value is -3.87. The third-order valence-electron chi connectivity index (χ3n) is 6.61. The second kappa shape index (κ2) is 7.87. The lowest BCUT2D eigenvalue weighted by atomic mass is 9.88. The van der Waals surface area contributed by atoms with E-state index in [9.17, 15) is 8.78 Å². The minimum Gasteiger partial charge on any atom is -0.493 e. The molecule has 6 rings (SSSR count). The molecule has 0 amide bonds. The van der Waals surface area contributed by atoms with Gasteiger partial charge < -0.3 is 18.9 Å². The minimum atomic E-state index is -0.859. The highest BCUT2D eigenvalue weighted by Gasteiger charge is 2.32. The predicted octanol–water partition coefficient (Wildman–Crippen LogP) is 4.97. The molecule has 2 aliphatic heterocycles. The first-order valence-electron chi connectivity index (χ1n) is 11.0. The van der Waals surface area contributed by atoms with Gasteiger partial charge in [0.05, 0.1) is 25.2 Å². The van der Waals surface area contributed by atoms with Crippen LogP contribution < -0.4 is 23.5 Å². The summed E-state index contributed by atoms with van der Waals surface area (Å²) in [5.41, 5.74) is 4.89. The first-order valence-corrected chi connectivity index (χ1v) is 11.0. The highest BCUT2D eigenvalue weighted by Crippen LogP contribution is 2.44. The molecule has 4 aromatic rings. The molecular weight excluding hydrogens is 440 g/mol. The number of hydrogen-bond acceptors (Lipinski definition) is 4. The van der Waals surface area contributed by atoms with Gasteiger partial charge in [-0.3, -0.25) is 0 Å². The van der Waals surface area contributed by atoms with Gasteiger partial charge in [-0.2, -0.15) is 4.57 Å². The van der Waals surface area contributed by atoms with Crippen molar-refractivity contribution < 1.29 is 32.3 Å². The average Bonchev–Trinajstić information content (AvgIpc) is 3.31. The summed E-state index contributed by atoms with van der Waals surface area (Å²) in [5.74, 6) is 1.01. The van der Waals surface area contributed by atoms with Crippen LogP contribution in [0.5, 0.6) is 23.0 Å². The molecule has 0 aliphatic carbocycles. The molecule has 0 spiro atoms. The van der Waals surface area contributed by atoms with Crippen LogP contribution in [0.1, 0.15) is 16.7 Å². The average molecular weight is 462 g/mol. The fourth-order valence-electron chi connectivity index (χ4n) is 5.04. The van der Waals surface area contributed by atoms with Crippen molar-refractivity contribution in [2.75, 3.05) is 21.0 Å². The highest BCUT2D eigenvalue weighted by atomic mass is 19.2. The monoisotopic (exact) mass is 462 g/mol. The van der Waals surface area contributed by atoms with Crippen LogP contribution >= 0.6 is 0 Å². The third kappa shape index (κ3) is 3.15. The van der Waals surface area contributed by atoms with Gasteiger partial charge in [0.25, 0.3) is 0 Å². The van der Waals surface area contributed by atoms with Crippen LogP contribution in [0.25, 0.3) is 22.0 Å². The van der Waals surface area contributed by atoms with E-state index >= 15 is 0 Å². The Bertz CT molecular complexity index is 1470. The number of halogens is 2. The lowest BCUT2D eigenvalue weighted by molar-refractivity contribution is -0.686. The summed E-state index contributed by atoms with van der Waals surface area (Å²) in [5, 5.41) is 1.85. The fraction of sp³-hybridized carbons (Fsp3) is 0.222. The topological polar surface area (TPSA) is 40.8 Å². The largest absolute Gasteiger partial charge is 0.493 e. The first kappa shape index (κ1) is 20.7. The van der Waals surface area contributed by atoms with Crippen molar-refractivity contribution in [3.8, 4) is 34.3 Å². The van der Waals surface area contributed by atoms with E-state index in [1.54, 1.807) is 20.3 Å². The zero-order valence-electron chi connectivity index (χ0n) is 18.8. The zero-order chi connectivity index (χ0) is 23.4. The van der Waals surface area contributed by atoms with Gasteiger partial charge in [-0.05, 0) is 47.5 Å². The Morgan fingerprint density at radius 3 is 2.50 bits per heavy atom. The number of fused-ring (bicyclic) bond motifs is 5. The standard InChI is InChI=1S/C27H22F2NO4/c1-31-23-6-4-17-19(9-15-3-5-21(28)22(29)10-15)26-18-12-25-24(33-14-34-25)11-16(18)7-8-30(26)13-20(17)27(23)32-2/h3-6,10-13H,7-9,14H2,1-2H3/q+1. The summed E-state index contributed by atoms with van der Waals surface area (Å²) in [4.78, 5) is 0. The molecule has 0 saturated carbocycles. The van der Waals surface area contributed by atoms with Gasteiger partial charge >= 0.3 is 0 Å². The summed E-state index contributed by atoms with van der Waals surface area (Å²) >= 11 is 0. The van der Waals surface area contributed by atoms with Crippen molar-refractivity contribution in [3.63, 3.8) is 0 Å². The number of benzene rings is 3. The van der Waals surface area contributed by atoms with E-state index in [-0.39, 0.29) is 6.79 Å². The predicted molar refractivity (Wildman–Crippen MR) is 122 cm³/mol. The second-order valence-electron chi connectivity index (χ2n) is 8.45. The van der Waals surface area contributed by atoms with Crippen LogP contribution in [0.3, 0.4) is 0 Å². The SMILES string of the molecule is COc1ccc2c(Cc3ccc(F)c(F)c3)c3[n+](cc2c1OC)CCc1cc2c(cc1-3)OCO2. The van der Waals surface area contributed by atoms with Gasteiger partial charge in [0, 0.05) is 23.8 Å². The Morgan fingerprint density at radius 2 is 1.74 bits per heavy atom. The molecule has 0 fully saturated rings. The van der Waals surface area contributed by atoms with Gasteiger partial charge in [0.2, 0.25) is 12.5 Å². The number of pyridine rings is 1. The molecule has 0 unspecified atom stereocenters. The molecule has 7 heteroatoms. The molecule has 1 aromatic heterocycles. The fourth-order valence-corrected chi connectivity index (χ4v) is 5.04. The van der Waals surface area contributed by atoms with E-state index in [1.165, 1.54) is 12.1 Å². The maximum atomic E-state index is 14.1. The van der Waals surface area contributed by atoms with Gasteiger partial charge in [0.1, 0.15) is 0 Å². The summed E-state index contributed by atoms with van der Waals surface area (Å²) in [6.07, 6.45) is 3.31. The molecule has 2 aliphatic rings. The molecule has 5 nitrogen and oxygen atoms in total. The molecule has 0 saturated heterocycles. The van der Waals surface area contributed by atoms with Crippen molar-refractivity contribution in [2.45, 2.75) is 19.4 Å². The van der Waals surface area contributed by atoms with Gasteiger partial charge in [-0.1, -0.05) is 6.07 Å². The van der Waals surface area contributed by atoms with Crippen LogP contribution in [0.2, 0.25) is 0 Å². The van der Waals surface area contributed by atoms with Gasteiger partial charge in [0.15, 0.2) is 47.4 Å². The van der Waals surface area contributed by atoms with Crippen LogP contribution in [0, 0.1) is 11.6 Å².